The number of nitrogens with one attached hydrogen (secondary N) is 2. The van der Waals surface area contributed by atoms with Gasteiger partial charge in [-0.15, -0.1) is 0 Å². The Morgan fingerprint density at radius 1 is 0.884 bits per heavy atom. The number of amides is 2. The lowest BCUT2D eigenvalue weighted by molar-refractivity contribution is -0.142. The second-order valence-corrected chi connectivity index (χ2v) is 12.3. The molecule has 1 spiro atoms. The maximum Gasteiger partial charge on any atom is 0.322 e. The first-order chi connectivity index (χ1) is 20.8. The Hall–Kier alpha value is -3.95. The van der Waals surface area contributed by atoms with Crippen molar-refractivity contribution in [1.82, 2.24) is 10.9 Å². The van der Waals surface area contributed by atoms with Crippen molar-refractivity contribution in [3.05, 3.63) is 72.2 Å². The van der Waals surface area contributed by atoms with Crippen molar-refractivity contribution in [1.29, 1.82) is 0 Å². The van der Waals surface area contributed by atoms with Crippen LogP contribution in [0.2, 0.25) is 0 Å². The molecule has 2 fully saturated rings. The molecular formula is C34H40N4O5. The third-order valence-electron chi connectivity index (χ3n) is 9.61. The number of benzene rings is 2. The molecule has 3 aromatic rings. The van der Waals surface area contributed by atoms with Crippen molar-refractivity contribution in [2.75, 3.05) is 16.3 Å². The number of carboxylic acid groups (broad SMARTS) is 1. The zero-order valence-electron chi connectivity index (χ0n) is 24.8. The molecule has 9 nitrogen and oxygen atoms in total. The molecular weight excluding hydrogens is 544 g/mol. The quantitative estimate of drug-likeness (QED) is 0.341. The van der Waals surface area contributed by atoms with E-state index in [2.05, 4.69) is 35.1 Å². The van der Waals surface area contributed by atoms with Crippen LogP contribution >= 0.6 is 0 Å². The summed E-state index contributed by atoms with van der Waals surface area (Å²) in [6.07, 6.45) is 9.97. The van der Waals surface area contributed by atoms with Gasteiger partial charge in [0.25, 0.3) is 5.91 Å². The van der Waals surface area contributed by atoms with Crippen LogP contribution in [-0.2, 0) is 9.59 Å². The fraction of sp³-hybridized carbons (Fsp3) is 0.441. The normalized spacial score (nSPS) is 23.7. The third-order valence-corrected chi connectivity index (χ3v) is 9.61. The topological polar surface area (TPSA) is 115 Å². The summed E-state index contributed by atoms with van der Waals surface area (Å²) in [6, 6.07) is 16.5. The number of hydrogen-bond donors (Lipinski definition) is 3. The van der Waals surface area contributed by atoms with Gasteiger partial charge in [-0.05, 0) is 60.7 Å². The number of aliphatic carboxylic acids is 1. The van der Waals surface area contributed by atoms with Crippen molar-refractivity contribution in [2.24, 2.45) is 5.41 Å². The van der Waals surface area contributed by atoms with E-state index in [4.69, 9.17) is 4.42 Å². The Bertz CT molecular complexity index is 1470. The van der Waals surface area contributed by atoms with Gasteiger partial charge in [-0.2, -0.15) is 0 Å². The lowest BCUT2D eigenvalue weighted by atomic mass is 9.67. The number of carbonyl (C=O) groups is 3. The number of hydrazine groups is 1. The van der Waals surface area contributed by atoms with Crippen molar-refractivity contribution >= 4 is 29.2 Å². The van der Waals surface area contributed by atoms with Gasteiger partial charge in [0.2, 0.25) is 5.91 Å². The van der Waals surface area contributed by atoms with Crippen LogP contribution in [0.3, 0.4) is 0 Å². The monoisotopic (exact) mass is 584 g/mol. The molecule has 3 atom stereocenters. The van der Waals surface area contributed by atoms with Gasteiger partial charge in [-0.3, -0.25) is 14.4 Å². The molecule has 1 aromatic heterocycles. The van der Waals surface area contributed by atoms with E-state index in [0.717, 1.165) is 55.2 Å². The van der Waals surface area contributed by atoms with E-state index in [-0.39, 0.29) is 29.7 Å². The number of carbonyl (C=O) groups excluding carboxylic acids is 2. The molecule has 3 aliphatic rings. The third kappa shape index (κ3) is 5.36. The molecule has 43 heavy (non-hydrogen) atoms. The molecule has 9 heteroatoms. The minimum atomic E-state index is -0.803. The van der Waals surface area contributed by atoms with Gasteiger partial charge in [0, 0.05) is 18.9 Å². The van der Waals surface area contributed by atoms with E-state index in [1.807, 2.05) is 25.1 Å². The smallest absolute Gasteiger partial charge is 0.322 e. The molecule has 2 aromatic carbocycles. The highest BCUT2D eigenvalue weighted by Gasteiger charge is 2.53. The first kappa shape index (κ1) is 29.1. The van der Waals surface area contributed by atoms with E-state index < -0.39 is 17.4 Å². The van der Waals surface area contributed by atoms with Crippen LogP contribution in [-0.4, -0.2) is 41.5 Å². The van der Waals surface area contributed by atoms with Gasteiger partial charge in [0.15, 0.2) is 5.76 Å². The van der Waals surface area contributed by atoms with Gasteiger partial charge in [0.05, 0.1) is 29.7 Å². The summed E-state index contributed by atoms with van der Waals surface area (Å²) in [6.45, 7) is 3.83. The molecule has 0 bridgehead atoms. The fourth-order valence-electron chi connectivity index (χ4n) is 7.54. The second kappa shape index (κ2) is 12.0. The highest BCUT2D eigenvalue weighted by atomic mass is 16.4. The van der Waals surface area contributed by atoms with Gasteiger partial charge >= 0.3 is 5.97 Å². The number of carboxylic acids is 1. The number of furan rings is 1. The molecule has 2 unspecified atom stereocenters. The minimum absolute atomic E-state index is 0.0767. The summed E-state index contributed by atoms with van der Waals surface area (Å²) in [7, 11) is 0. The van der Waals surface area contributed by atoms with E-state index in [0.29, 0.717) is 17.9 Å². The molecule has 1 saturated carbocycles. The highest BCUT2D eigenvalue weighted by Crippen LogP contribution is 2.50. The van der Waals surface area contributed by atoms with Gasteiger partial charge in [-0.1, -0.05) is 68.9 Å². The molecule has 6 rings (SSSR count). The van der Waals surface area contributed by atoms with Crippen LogP contribution in [0.4, 0.5) is 11.4 Å². The predicted molar refractivity (Wildman–Crippen MR) is 165 cm³/mol. The Kier molecular flexibility index (Phi) is 8.11. The van der Waals surface area contributed by atoms with Crippen molar-refractivity contribution in [2.45, 2.75) is 83.3 Å². The molecule has 1 aliphatic carbocycles. The Morgan fingerprint density at radius 3 is 2.19 bits per heavy atom. The molecule has 3 heterocycles. The zero-order chi connectivity index (χ0) is 30.1. The van der Waals surface area contributed by atoms with Gasteiger partial charge in [-0.25, -0.2) is 10.9 Å². The maximum atomic E-state index is 13.4. The van der Waals surface area contributed by atoms with Crippen LogP contribution in [0.1, 0.15) is 87.4 Å². The van der Waals surface area contributed by atoms with E-state index in [1.165, 1.54) is 19.1 Å². The van der Waals surface area contributed by atoms with E-state index in [1.54, 1.807) is 28.9 Å². The maximum absolute atomic E-state index is 13.4. The summed E-state index contributed by atoms with van der Waals surface area (Å²) >= 11 is 0. The van der Waals surface area contributed by atoms with Gasteiger partial charge in [0.1, 0.15) is 6.04 Å². The molecule has 0 radical (unpaired) electrons. The molecule has 3 N–H and O–H groups in total. The zero-order valence-corrected chi connectivity index (χ0v) is 24.8. The Morgan fingerprint density at radius 2 is 1.56 bits per heavy atom. The van der Waals surface area contributed by atoms with Crippen LogP contribution in [0, 0.1) is 5.41 Å². The first-order valence-electron chi connectivity index (χ1n) is 15.4. The summed E-state index contributed by atoms with van der Waals surface area (Å²) in [5.41, 5.74) is 10.4. The number of anilines is 2. The summed E-state index contributed by atoms with van der Waals surface area (Å²) in [4.78, 5) is 41.8. The Labute approximate surface area is 252 Å². The fourth-order valence-corrected chi connectivity index (χ4v) is 7.54. The molecule has 226 valence electrons. The largest absolute Gasteiger partial charge is 0.480 e. The van der Waals surface area contributed by atoms with E-state index >= 15 is 0 Å². The summed E-state index contributed by atoms with van der Waals surface area (Å²) in [5.74, 6) is -0.878. The standard InChI is InChI=1S/C34H40N4O5/c1-22-21-37(32(40)29-10-9-19-43-29)28-20-26(15-16-27(28)38(22)23(2)39)24-11-13-25(14-12-24)30-34(31(33(41)42)36-35-30)17-7-5-3-4-6-8-18-34/h9-16,19-20,22,30-31,35-36H,3-8,17-18,21H2,1-2H3,(H,41,42)/t22-,30?,31?/m0/s1. The first-order valence-corrected chi connectivity index (χ1v) is 15.4. The minimum Gasteiger partial charge on any atom is -0.480 e. The summed E-state index contributed by atoms with van der Waals surface area (Å²) < 4.78 is 5.42. The Balaban J connectivity index is 1.33. The number of nitrogens with zero attached hydrogens (tertiary/aromatic N) is 2. The number of fused-ring (bicyclic) bond motifs is 1. The average Bonchev–Trinajstić information content (AvgIpc) is 3.68. The van der Waals surface area contributed by atoms with Crippen molar-refractivity contribution < 1.29 is 23.9 Å². The molecule has 1 saturated heterocycles. The van der Waals surface area contributed by atoms with Crippen molar-refractivity contribution in [3.63, 3.8) is 0 Å². The lowest BCUT2D eigenvalue weighted by Crippen LogP contribution is -2.51. The SMILES string of the molecule is CC(=O)N1c2ccc(-c3ccc(C4NNC(C(=O)O)C45CCCCCCCC5)cc3)cc2N(C(=O)c2ccco2)C[C@@H]1C. The second-order valence-electron chi connectivity index (χ2n) is 12.3. The summed E-state index contributed by atoms with van der Waals surface area (Å²) in [5, 5.41) is 10.1. The molecule has 2 aliphatic heterocycles. The number of hydrogen-bond acceptors (Lipinski definition) is 6. The number of rotatable bonds is 4. The van der Waals surface area contributed by atoms with E-state index in [9.17, 15) is 19.5 Å². The van der Waals surface area contributed by atoms with Gasteiger partial charge < -0.3 is 19.3 Å². The van der Waals surface area contributed by atoms with Crippen LogP contribution in [0.5, 0.6) is 0 Å². The lowest BCUT2D eigenvalue weighted by Gasteiger charge is -2.40. The van der Waals surface area contributed by atoms with Crippen LogP contribution < -0.4 is 20.7 Å². The van der Waals surface area contributed by atoms with Crippen molar-refractivity contribution in [3.8, 4) is 11.1 Å². The van der Waals surface area contributed by atoms with Crippen LogP contribution in [0.25, 0.3) is 11.1 Å². The molecule has 2 amide bonds. The highest BCUT2D eigenvalue weighted by molar-refractivity contribution is 6.10. The predicted octanol–water partition coefficient (Wildman–Crippen LogP) is 6.07. The average molecular weight is 585 g/mol. The van der Waals surface area contributed by atoms with Crippen LogP contribution in [0.15, 0.2) is 65.3 Å².